The molecule has 0 bridgehead atoms. The lowest BCUT2D eigenvalue weighted by Gasteiger charge is -2.27. The van der Waals surface area contributed by atoms with Gasteiger partial charge in [-0.15, -0.1) is 0 Å². The van der Waals surface area contributed by atoms with Crippen molar-refractivity contribution in [3.05, 3.63) is 0 Å². The summed E-state index contributed by atoms with van der Waals surface area (Å²) in [5.74, 6) is -4.27. The molecular weight excluding hydrogens is 492 g/mol. The summed E-state index contributed by atoms with van der Waals surface area (Å²) in [4.78, 5) is 65.2. The van der Waals surface area contributed by atoms with Gasteiger partial charge in [0, 0.05) is 6.54 Å². The van der Waals surface area contributed by atoms with Crippen LogP contribution in [0.4, 0.5) is 0 Å². The number of primary amides is 1. The summed E-state index contributed by atoms with van der Waals surface area (Å²) in [5, 5.41) is 16.7. The number of carbonyl (C=O) groups excluding carboxylic acids is 4. The Balaban J connectivity index is 5.43. The summed E-state index contributed by atoms with van der Waals surface area (Å²) in [7, 11) is 0. The molecule has 0 aromatic carbocycles. The predicted molar refractivity (Wildman–Crippen MR) is 138 cm³/mol. The quantitative estimate of drug-likeness (QED) is 0.0526. The van der Waals surface area contributed by atoms with Gasteiger partial charge in [0.15, 0.2) is 5.96 Å². The zero-order valence-corrected chi connectivity index (χ0v) is 21.8. The van der Waals surface area contributed by atoms with Gasteiger partial charge in [-0.2, -0.15) is 11.8 Å². The molecule has 14 nitrogen and oxygen atoms in total. The number of nitrogens with one attached hydrogen (secondary N) is 3. The number of nitrogens with zero attached hydrogens (tertiary/aromatic N) is 1. The van der Waals surface area contributed by atoms with E-state index in [1.807, 2.05) is 6.92 Å². The molecular formula is C21H40N8O6S. The number of amides is 4. The monoisotopic (exact) mass is 532 g/mol. The van der Waals surface area contributed by atoms with Crippen LogP contribution >= 0.6 is 11.8 Å². The fraction of sp³-hybridized carbons (Fsp3) is 0.714. The molecule has 0 saturated carbocycles. The predicted octanol–water partition coefficient (Wildman–Crippen LogP) is -2.42. The average Bonchev–Trinajstić information content (AvgIpc) is 2.80. The van der Waals surface area contributed by atoms with Gasteiger partial charge in [0.25, 0.3) is 0 Å². The van der Waals surface area contributed by atoms with E-state index in [1.165, 1.54) is 11.8 Å². The number of hydrogen-bond donors (Lipinski definition) is 8. The van der Waals surface area contributed by atoms with Gasteiger partial charge < -0.3 is 44.0 Å². The van der Waals surface area contributed by atoms with E-state index in [-0.39, 0.29) is 31.3 Å². The summed E-state index contributed by atoms with van der Waals surface area (Å²) in [6, 6.07) is -4.64. The Kier molecular flexibility index (Phi) is 15.9. The number of thioether (sulfide) groups is 1. The molecule has 0 aromatic heterocycles. The topological polar surface area (TPSA) is 258 Å². The van der Waals surface area contributed by atoms with E-state index in [9.17, 15) is 29.1 Å². The van der Waals surface area contributed by atoms with E-state index in [0.717, 1.165) is 0 Å². The van der Waals surface area contributed by atoms with Crippen molar-refractivity contribution < 1.29 is 29.1 Å². The minimum Gasteiger partial charge on any atom is -0.480 e. The lowest BCUT2D eigenvalue weighted by atomic mass is 9.97. The van der Waals surface area contributed by atoms with Gasteiger partial charge >= 0.3 is 5.97 Å². The van der Waals surface area contributed by atoms with Crippen LogP contribution in [-0.4, -0.2) is 83.4 Å². The Bertz CT molecular complexity index is 792. The van der Waals surface area contributed by atoms with Gasteiger partial charge in [0.05, 0.1) is 12.5 Å². The van der Waals surface area contributed by atoms with E-state index in [4.69, 9.17) is 22.9 Å². The average molecular weight is 533 g/mol. The van der Waals surface area contributed by atoms with Crippen LogP contribution in [0.15, 0.2) is 4.99 Å². The standard InChI is InChI=1S/C21H40N8O6S/c1-4-11(2)16(29-17(31)12(22)6-5-8-26-21(24)25)19(33)28-14(10-15(23)30)18(32)27-13(20(34)35)7-9-36-3/h11-14,16H,4-10,22H2,1-3H3,(H2,23,30)(H,27,32)(H,28,33)(H,29,31)(H,34,35)(H4,24,25,26). The second-order valence-electron chi connectivity index (χ2n) is 8.34. The number of carboxylic acids is 1. The van der Waals surface area contributed by atoms with Crippen molar-refractivity contribution in [3.8, 4) is 0 Å². The zero-order valence-electron chi connectivity index (χ0n) is 21.0. The highest BCUT2D eigenvalue weighted by molar-refractivity contribution is 7.98. The number of aliphatic carboxylic acids is 1. The lowest BCUT2D eigenvalue weighted by molar-refractivity contribution is -0.142. The second kappa shape index (κ2) is 17.4. The van der Waals surface area contributed by atoms with Crippen molar-refractivity contribution in [1.29, 1.82) is 0 Å². The van der Waals surface area contributed by atoms with Gasteiger partial charge in [0.1, 0.15) is 18.1 Å². The van der Waals surface area contributed by atoms with E-state index in [0.29, 0.717) is 18.6 Å². The summed E-state index contributed by atoms with van der Waals surface area (Å²) in [6.07, 6.45) is 2.58. The molecule has 0 saturated heterocycles. The molecule has 0 aliphatic heterocycles. The van der Waals surface area contributed by atoms with Crippen molar-refractivity contribution in [1.82, 2.24) is 16.0 Å². The van der Waals surface area contributed by atoms with Crippen LogP contribution < -0.4 is 38.9 Å². The molecule has 206 valence electrons. The largest absolute Gasteiger partial charge is 0.480 e. The molecule has 0 spiro atoms. The minimum absolute atomic E-state index is 0.0741. The highest BCUT2D eigenvalue weighted by Gasteiger charge is 2.33. The molecule has 0 rings (SSSR count). The molecule has 0 aliphatic rings. The van der Waals surface area contributed by atoms with Gasteiger partial charge in [-0.05, 0) is 37.2 Å². The van der Waals surface area contributed by atoms with Crippen LogP contribution in [0.1, 0.15) is 46.0 Å². The van der Waals surface area contributed by atoms with Gasteiger partial charge in [-0.3, -0.25) is 24.2 Å². The first-order chi connectivity index (χ1) is 16.8. The first-order valence-corrected chi connectivity index (χ1v) is 12.9. The fourth-order valence-electron chi connectivity index (χ4n) is 3.05. The SMILES string of the molecule is CCC(C)C(NC(=O)C(N)CCCN=C(N)N)C(=O)NC(CC(N)=O)C(=O)NC(CCSC)C(=O)O. The summed E-state index contributed by atoms with van der Waals surface area (Å²) in [5.41, 5.74) is 21.7. The van der Waals surface area contributed by atoms with Crippen LogP contribution in [0.3, 0.4) is 0 Å². The Morgan fingerprint density at radius 2 is 1.56 bits per heavy atom. The Morgan fingerprint density at radius 3 is 2.06 bits per heavy atom. The molecule has 0 radical (unpaired) electrons. The van der Waals surface area contributed by atoms with Gasteiger partial charge in [0.2, 0.25) is 23.6 Å². The number of carbonyl (C=O) groups is 5. The van der Waals surface area contributed by atoms with Crippen LogP contribution in [-0.2, 0) is 24.0 Å². The van der Waals surface area contributed by atoms with E-state index in [1.54, 1.807) is 13.2 Å². The third-order valence-electron chi connectivity index (χ3n) is 5.36. The molecule has 0 heterocycles. The van der Waals surface area contributed by atoms with Gasteiger partial charge in [-0.25, -0.2) is 4.79 Å². The van der Waals surface area contributed by atoms with Crippen molar-refractivity contribution in [2.24, 2.45) is 33.8 Å². The molecule has 4 amide bonds. The first-order valence-electron chi connectivity index (χ1n) is 11.6. The fourth-order valence-corrected chi connectivity index (χ4v) is 3.52. The van der Waals surface area contributed by atoms with Gasteiger partial charge in [-0.1, -0.05) is 20.3 Å². The molecule has 36 heavy (non-hydrogen) atoms. The summed E-state index contributed by atoms with van der Waals surface area (Å²) >= 11 is 1.40. The number of nitrogens with two attached hydrogens (primary N) is 4. The second-order valence-corrected chi connectivity index (χ2v) is 9.33. The molecule has 0 fully saturated rings. The number of aliphatic imine (C=N–C) groups is 1. The normalized spacial score (nSPS) is 14.9. The van der Waals surface area contributed by atoms with Crippen molar-refractivity contribution >= 4 is 47.3 Å². The maximum absolute atomic E-state index is 13.1. The van der Waals surface area contributed by atoms with Crippen LogP contribution in [0.25, 0.3) is 0 Å². The third-order valence-corrected chi connectivity index (χ3v) is 6.01. The summed E-state index contributed by atoms with van der Waals surface area (Å²) < 4.78 is 0. The Hall–Kier alpha value is -3.07. The molecule has 12 N–H and O–H groups in total. The number of carboxylic acid groups (broad SMARTS) is 1. The maximum atomic E-state index is 13.1. The Labute approximate surface area is 215 Å². The van der Waals surface area contributed by atoms with Crippen molar-refractivity contribution in [2.45, 2.75) is 70.1 Å². The molecule has 5 unspecified atom stereocenters. The van der Waals surface area contributed by atoms with E-state index >= 15 is 0 Å². The number of rotatable bonds is 18. The zero-order chi connectivity index (χ0) is 27.8. The number of hydrogen-bond acceptors (Lipinski definition) is 8. The lowest BCUT2D eigenvalue weighted by Crippen LogP contribution is -2.59. The van der Waals surface area contributed by atoms with Crippen molar-refractivity contribution in [3.63, 3.8) is 0 Å². The van der Waals surface area contributed by atoms with E-state index in [2.05, 4.69) is 20.9 Å². The molecule has 0 aliphatic carbocycles. The summed E-state index contributed by atoms with van der Waals surface area (Å²) in [6.45, 7) is 3.82. The third kappa shape index (κ3) is 13.1. The van der Waals surface area contributed by atoms with Crippen molar-refractivity contribution in [2.75, 3.05) is 18.6 Å². The highest BCUT2D eigenvalue weighted by Crippen LogP contribution is 2.10. The molecule has 0 aromatic rings. The van der Waals surface area contributed by atoms with Crippen LogP contribution in [0.2, 0.25) is 0 Å². The smallest absolute Gasteiger partial charge is 0.326 e. The van der Waals surface area contributed by atoms with E-state index < -0.39 is 60.2 Å². The highest BCUT2D eigenvalue weighted by atomic mass is 32.2. The molecule has 5 atom stereocenters. The number of guanidine groups is 1. The first kappa shape index (κ1) is 32.9. The van der Waals surface area contributed by atoms with Crippen LogP contribution in [0.5, 0.6) is 0 Å². The molecule has 15 heteroatoms. The Morgan fingerprint density at radius 1 is 0.944 bits per heavy atom. The minimum atomic E-state index is -1.43. The van der Waals surface area contributed by atoms with Crippen LogP contribution in [0, 0.1) is 5.92 Å². The maximum Gasteiger partial charge on any atom is 0.326 e.